The van der Waals surface area contributed by atoms with Crippen molar-refractivity contribution >= 4 is 0 Å². The van der Waals surface area contributed by atoms with Crippen LogP contribution in [0.2, 0.25) is 0 Å². The second-order valence-electron chi connectivity index (χ2n) is 2.39. The summed E-state index contributed by atoms with van der Waals surface area (Å²) >= 11 is 0. The van der Waals surface area contributed by atoms with Gasteiger partial charge in [0.25, 0.3) is 0 Å². The highest BCUT2D eigenvalue weighted by molar-refractivity contribution is 5.16. The summed E-state index contributed by atoms with van der Waals surface area (Å²) in [7, 11) is 0. The molecule has 0 saturated carbocycles. The van der Waals surface area contributed by atoms with Gasteiger partial charge in [0, 0.05) is 0 Å². The van der Waals surface area contributed by atoms with Crippen molar-refractivity contribution in [3.63, 3.8) is 0 Å². The van der Waals surface area contributed by atoms with E-state index >= 15 is 0 Å². The first-order valence-corrected chi connectivity index (χ1v) is 3.65. The predicted octanol–water partition coefficient (Wildman–Crippen LogP) is 3.26. The van der Waals surface area contributed by atoms with Gasteiger partial charge in [-0.1, -0.05) is 30.7 Å². The fourth-order valence-corrected chi connectivity index (χ4v) is 0.674. The van der Waals surface area contributed by atoms with E-state index in [4.69, 9.17) is 0 Å². The number of hydrogen-bond donors (Lipinski definition) is 0. The molecule has 0 amide bonds. The Bertz CT molecular complexity index is 132. The minimum atomic E-state index is -0.833. The fourth-order valence-electron chi connectivity index (χ4n) is 0.674. The van der Waals surface area contributed by atoms with Crippen molar-refractivity contribution in [2.75, 3.05) is 0 Å². The van der Waals surface area contributed by atoms with E-state index in [-0.39, 0.29) is 0 Å². The Morgan fingerprint density at radius 1 is 1.60 bits per heavy atom. The Balaban J connectivity index is 3.77. The van der Waals surface area contributed by atoms with E-state index in [0.29, 0.717) is 0 Å². The number of alkyl halides is 1. The molecule has 0 radical (unpaired) electrons. The minimum absolute atomic E-state index is 0.833. The summed E-state index contributed by atoms with van der Waals surface area (Å²) in [4.78, 5) is 0. The average Bonchev–Trinajstić information content (AvgIpc) is 1.85. The SMILES string of the molecule is CC/C=C(C)\C=C/C(C)F. The van der Waals surface area contributed by atoms with Crippen LogP contribution in [0.4, 0.5) is 4.39 Å². The van der Waals surface area contributed by atoms with E-state index in [2.05, 4.69) is 13.0 Å². The van der Waals surface area contributed by atoms with Gasteiger partial charge in [0.05, 0.1) is 0 Å². The average molecular weight is 142 g/mol. The Morgan fingerprint density at radius 3 is 2.60 bits per heavy atom. The first kappa shape index (κ1) is 9.41. The molecule has 0 aliphatic heterocycles. The zero-order valence-corrected chi connectivity index (χ0v) is 6.89. The van der Waals surface area contributed by atoms with Crippen molar-refractivity contribution in [3.8, 4) is 0 Å². The van der Waals surface area contributed by atoms with Crippen LogP contribution in [0.25, 0.3) is 0 Å². The second-order valence-corrected chi connectivity index (χ2v) is 2.39. The van der Waals surface area contributed by atoms with Gasteiger partial charge in [0.15, 0.2) is 0 Å². The first-order chi connectivity index (χ1) is 4.66. The van der Waals surface area contributed by atoms with Crippen LogP contribution >= 0.6 is 0 Å². The summed E-state index contributed by atoms with van der Waals surface area (Å²) in [5.74, 6) is 0. The van der Waals surface area contributed by atoms with Gasteiger partial charge in [-0.2, -0.15) is 0 Å². The van der Waals surface area contributed by atoms with Crippen LogP contribution in [-0.4, -0.2) is 6.17 Å². The van der Waals surface area contributed by atoms with Gasteiger partial charge < -0.3 is 0 Å². The molecule has 0 N–H and O–H groups in total. The van der Waals surface area contributed by atoms with Gasteiger partial charge >= 0.3 is 0 Å². The summed E-state index contributed by atoms with van der Waals surface area (Å²) in [5, 5.41) is 0. The van der Waals surface area contributed by atoms with Crippen LogP contribution < -0.4 is 0 Å². The molecule has 0 saturated heterocycles. The van der Waals surface area contributed by atoms with Crippen molar-refractivity contribution in [1.29, 1.82) is 0 Å². The molecule has 1 unspecified atom stereocenters. The molecule has 0 aromatic heterocycles. The van der Waals surface area contributed by atoms with Crippen molar-refractivity contribution in [2.45, 2.75) is 33.4 Å². The lowest BCUT2D eigenvalue weighted by Gasteiger charge is -1.91. The summed E-state index contributed by atoms with van der Waals surface area (Å²) < 4.78 is 12.2. The van der Waals surface area contributed by atoms with Crippen molar-refractivity contribution in [1.82, 2.24) is 0 Å². The molecule has 0 nitrogen and oxygen atoms in total. The topological polar surface area (TPSA) is 0 Å². The van der Waals surface area contributed by atoms with Gasteiger partial charge in [-0.15, -0.1) is 0 Å². The maximum Gasteiger partial charge on any atom is 0.116 e. The van der Waals surface area contributed by atoms with Crippen molar-refractivity contribution in [2.24, 2.45) is 0 Å². The monoisotopic (exact) mass is 142 g/mol. The number of hydrogen-bond acceptors (Lipinski definition) is 0. The molecule has 1 atom stereocenters. The Morgan fingerprint density at radius 2 is 2.20 bits per heavy atom. The predicted molar refractivity (Wildman–Crippen MR) is 43.8 cm³/mol. The molecule has 0 rings (SSSR count). The fraction of sp³-hybridized carbons (Fsp3) is 0.556. The Labute approximate surface area is 62.4 Å². The Hall–Kier alpha value is -0.590. The number of allylic oxidation sites excluding steroid dienone is 4. The molecule has 0 bridgehead atoms. The normalized spacial score (nSPS) is 16.2. The van der Waals surface area contributed by atoms with E-state index < -0.39 is 6.17 Å². The highest BCUT2D eigenvalue weighted by atomic mass is 19.1. The molecule has 0 fully saturated rings. The highest BCUT2D eigenvalue weighted by Crippen LogP contribution is 1.99. The minimum Gasteiger partial charge on any atom is -0.243 e. The summed E-state index contributed by atoms with van der Waals surface area (Å²) in [5.41, 5.74) is 1.13. The van der Waals surface area contributed by atoms with Crippen LogP contribution in [0.3, 0.4) is 0 Å². The third-order valence-electron chi connectivity index (χ3n) is 1.15. The highest BCUT2D eigenvalue weighted by Gasteiger charge is 1.86. The molecule has 0 aromatic carbocycles. The molecular weight excluding hydrogens is 127 g/mol. The summed E-state index contributed by atoms with van der Waals surface area (Å²) in [6, 6.07) is 0. The lowest BCUT2D eigenvalue weighted by molar-refractivity contribution is 0.430. The lowest BCUT2D eigenvalue weighted by atomic mass is 10.2. The molecule has 10 heavy (non-hydrogen) atoms. The molecule has 0 heterocycles. The van der Waals surface area contributed by atoms with E-state index in [1.165, 1.54) is 6.92 Å². The van der Waals surface area contributed by atoms with Crippen LogP contribution in [-0.2, 0) is 0 Å². The van der Waals surface area contributed by atoms with E-state index in [1.807, 2.05) is 13.0 Å². The number of halogens is 1. The van der Waals surface area contributed by atoms with E-state index in [1.54, 1.807) is 6.08 Å². The van der Waals surface area contributed by atoms with E-state index in [0.717, 1.165) is 12.0 Å². The van der Waals surface area contributed by atoms with Crippen LogP contribution in [0, 0.1) is 0 Å². The lowest BCUT2D eigenvalue weighted by Crippen LogP contribution is -1.82. The van der Waals surface area contributed by atoms with Crippen LogP contribution in [0.1, 0.15) is 27.2 Å². The van der Waals surface area contributed by atoms with Gasteiger partial charge in [0.2, 0.25) is 0 Å². The van der Waals surface area contributed by atoms with Crippen molar-refractivity contribution < 1.29 is 4.39 Å². The zero-order valence-electron chi connectivity index (χ0n) is 6.89. The third kappa shape index (κ3) is 5.54. The maximum atomic E-state index is 12.2. The zero-order chi connectivity index (χ0) is 7.98. The number of rotatable bonds is 3. The van der Waals surface area contributed by atoms with Gasteiger partial charge in [-0.05, 0) is 20.3 Å². The van der Waals surface area contributed by atoms with Gasteiger partial charge in [-0.3, -0.25) is 0 Å². The molecule has 0 spiro atoms. The molecular formula is C9H15F. The van der Waals surface area contributed by atoms with Crippen molar-refractivity contribution in [3.05, 3.63) is 23.8 Å². The molecule has 0 aliphatic carbocycles. The molecule has 1 heteroatoms. The smallest absolute Gasteiger partial charge is 0.116 e. The molecule has 0 aliphatic rings. The second kappa shape index (κ2) is 5.21. The third-order valence-corrected chi connectivity index (χ3v) is 1.15. The first-order valence-electron chi connectivity index (χ1n) is 3.65. The van der Waals surface area contributed by atoms with Gasteiger partial charge in [-0.25, -0.2) is 4.39 Å². The van der Waals surface area contributed by atoms with Crippen LogP contribution in [0.15, 0.2) is 23.8 Å². The van der Waals surface area contributed by atoms with E-state index in [9.17, 15) is 4.39 Å². The summed E-state index contributed by atoms with van der Waals surface area (Å²) in [6.07, 6.45) is 5.62. The standard InChI is InChI=1S/C9H15F/c1-4-5-8(2)6-7-9(3)10/h5-7,9H,4H2,1-3H3/b7-6-,8-5-. The summed E-state index contributed by atoms with van der Waals surface area (Å²) in [6.45, 7) is 5.56. The maximum absolute atomic E-state index is 12.2. The Kier molecular flexibility index (Phi) is 4.91. The molecule has 0 aromatic rings. The quantitative estimate of drug-likeness (QED) is 0.530. The van der Waals surface area contributed by atoms with Gasteiger partial charge in [0.1, 0.15) is 6.17 Å². The van der Waals surface area contributed by atoms with Crippen LogP contribution in [0.5, 0.6) is 0 Å². The molecule has 58 valence electrons. The largest absolute Gasteiger partial charge is 0.243 e.